The largest absolute Gasteiger partial charge is 0.207 e. The molecule has 0 nitrogen and oxygen atoms in total. The van der Waals surface area contributed by atoms with Crippen molar-refractivity contribution in [1.82, 2.24) is 0 Å². The summed E-state index contributed by atoms with van der Waals surface area (Å²) in [4.78, 5) is 1.28. The Morgan fingerprint density at radius 3 is 2.26 bits per heavy atom. The van der Waals surface area contributed by atoms with Gasteiger partial charge in [-0.15, -0.1) is 11.3 Å². The number of hydrogen-bond acceptors (Lipinski definition) is 1. The zero-order chi connectivity index (χ0) is 17.9. The van der Waals surface area contributed by atoms with E-state index in [0.29, 0.717) is 0 Å². The molecule has 2 aliphatic rings. The molecule has 2 aliphatic carbocycles. The molecule has 0 amide bonds. The maximum absolute atomic E-state index is 13.7. The molecule has 126 valence electrons. The van der Waals surface area contributed by atoms with Gasteiger partial charge in [-0.05, 0) is 63.7 Å². The van der Waals surface area contributed by atoms with Gasteiger partial charge in [0.05, 0.1) is 0 Å². The van der Waals surface area contributed by atoms with Gasteiger partial charge in [-0.1, -0.05) is 48.0 Å². The number of fused-ring (bicyclic) bond motifs is 8. The minimum Gasteiger partial charge on any atom is -0.207 e. The summed E-state index contributed by atoms with van der Waals surface area (Å²) in [6, 6.07) is 21.0. The third-order valence-electron chi connectivity index (χ3n) is 6.08. The van der Waals surface area contributed by atoms with Crippen LogP contribution in [0.15, 0.2) is 60.7 Å². The molecule has 0 saturated carbocycles. The molecule has 1 heterocycles. The predicted octanol–water partition coefficient (Wildman–Crippen LogP) is 7.80. The molecule has 0 atom stereocenters. The fourth-order valence-electron chi connectivity index (χ4n) is 4.99. The molecule has 0 N–H and O–H groups in total. The molecule has 2 heteroatoms. The monoisotopic (exact) mass is 364 g/mol. The lowest BCUT2D eigenvalue weighted by Crippen LogP contribution is -1.80. The van der Waals surface area contributed by atoms with E-state index >= 15 is 0 Å². The van der Waals surface area contributed by atoms with Crippen molar-refractivity contribution in [2.24, 2.45) is 0 Å². The lowest BCUT2D eigenvalue weighted by molar-refractivity contribution is 0.630. The van der Waals surface area contributed by atoms with Crippen molar-refractivity contribution in [3.63, 3.8) is 0 Å². The van der Waals surface area contributed by atoms with Gasteiger partial charge in [0, 0.05) is 26.1 Å². The molecule has 0 radical (unpaired) electrons. The average Bonchev–Trinajstić information content (AvgIpc) is 3.28. The molecule has 0 spiro atoms. The van der Waals surface area contributed by atoms with Crippen LogP contribution in [0.5, 0.6) is 0 Å². The third kappa shape index (κ3) is 1.55. The van der Waals surface area contributed by atoms with Crippen LogP contribution in [0.1, 0.15) is 5.56 Å². The van der Waals surface area contributed by atoms with Crippen molar-refractivity contribution in [1.29, 1.82) is 0 Å². The number of halogens is 1. The Bertz CT molecular complexity index is 1490. The summed E-state index contributed by atoms with van der Waals surface area (Å²) >= 11 is 1.71. The smallest absolute Gasteiger partial charge is 0.124 e. The summed E-state index contributed by atoms with van der Waals surface area (Å²) in [5.74, 6) is -0.165. The Morgan fingerprint density at radius 2 is 1.37 bits per heavy atom. The predicted molar refractivity (Wildman–Crippen MR) is 113 cm³/mol. The molecular formula is C25H13FS. The van der Waals surface area contributed by atoms with Gasteiger partial charge < -0.3 is 0 Å². The lowest BCUT2D eigenvalue weighted by atomic mass is 9.97. The first kappa shape index (κ1) is 14.1. The summed E-state index contributed by atoms with van der Waals surface area (Å²) < 4.78 is 14.8. The molecular weight excluding hydrogens is 351 g/mol. The van der Waals surface area contributed by atoms with Crippen LogP contribution < -0.4 is 0 Å². The van der Waals surface area contributed by atoms with Gasteiger partial charge in [0.1, 0.15) is 5.82 Å². The minimum absolute atomic E-state index is 0.165. The normalized spacial score (nSPS) is 12.8. The van der Waals surface area contributed by atoms with Gasteiger partial charge in [0.15, 0.2) is 0 Å². The summed E-state index contributed by atoms with van der Waals surface area (Å²) in [5, 5.41) is 3.91. The Morgan fingerprint density at radius 1 is 0.667 bits per heavy atom. The first-order chi connectivity index (χ1) is 13.2. The summed E-state index contributed by atoms with van der Waals surface area (Å²) in [5.41, 5.74) is 10.5. The van der Waals surface area contributed by atoms with Gasteiger partial charge in [-0.25, -0.2) is 4.39 Å². The van der Waals surface area contributed by atoms with E-state index < -0.39 is 0 Å². The Labute approximate surface area is 159 Å². The average molecular weight is 364 g/mol. The van der Waals surface area contributed by atoms with Crippen LogP contribution in [0.3, 0.4) is 0 Å². The van der Waals surface area contributed by atoms with Crippen LogP contribution in [-0.4, -0.2) is 0 Å². The first-order valence-electron chi connectivity index (χ1n) is 9.14. The molecule has 0 bridgehead atoms. The summed E-state index contributed by atoms with van der Waals surface area (Å²) in [6.07, 6.45) is 0. The van der Waals surface area contributed by atoms with Crippen molar-refractivity contribution in [3.8, 4) is 43.8 Å². The summed E-state index contributed by atoms with van der Waals surface area (Å²) in [6.45, 7) is 2.15. The molecule has 5 aromatic rings. The van der Waals surface area contributed by atoms with Gasteiger partial charge >= 0.3 is 0 Å². The fourth-order valence-corrected chi connectivity index (χ4v) is 6.26. The quantitative estimate of drug-likeness (QED) is 0.257. The van der Waals surface area contributed by atoms with Crippen molar-refractivity contribution in [3.05, 3.63) is 72.0 Å². The van der Waals surface area contributed by atoms with Gasteiger partial charge in [0.25, 0.3) is 0 Å². The zero-order valence-electron chi connectivity index (χ0n) is 14.6. The summed E-state index contributed by atoms with van der Waals surface area (Å²) in [7, 11) is 0. The zero-order valence-corrected chi connectivity index (χ0v) is 15.4. The van der Waals surface area contributed by atoms with Crippen molar-refractivity contribution >= 4 is 32.2 Å². The van der Waals surface area contributed by atoms with Crippen molar-refractivity contribution in [2.75, 3.05) is 0 Å². The number of rotatable bonds is 0. The molecule has 4 aromatic carbocycles. The number of hydrogen-bond donors (Lipinski definition) is 0. The van der Waals surface area contributed by atoms with Crippen LogP contribution in [-0.2, 0) is 0 Å². The van der Waals surface area contributed by atoms with E-state index in [-0.39, 0.29) is 5.82 Å². The van der Waals surface area contributed by atoms with E-state index in [2.05, 4.69) is 49.4 Å². The standard InChI is InChI=1S/C25H13FS/c1-12-2-4-14-15-6-8-18-23-19(9-7-16(22(15)23)20(14)10-12)25-24(18)17-5-3-13(26)11-21(17)27-25/h2-11H,1H3. The van der Waals surface area contributed by atoms with E-state index in [1.54, 1.807) is 23.5 Å². The molecule has 0 saturated heterocycles. The highest BCUT2D eigenvalue weighted by Gasteiger charge is 2.31. The van der Waals surface area contributed by atoms with Crippen LogP contribution >= 0.6 is 11.3 Å². The second-order valence-corrected chi connectivity index (χ2v) is 8.62. The van der Waals surface area contributed by atoms with Crippen LogP contribution in [0.4, 0.5) is 4.39 Å². The van der Waals surface area contributed by atoms with E-state index in [1.807, 2.05) is 6.07 Å². The van der Waals surface area contributed by atoms with E-state index in [4.69, 9.17) is 0 Å². The number of aryl methyl sites for hydroxylation is 1. The maximum atomic E-state index is 13.7. The maximum Gasteiger partial charge on any atom is 0.124 e. The second-order valence-electron chi connectivity index (χ2n) is 7.57. The van der Waals surface area contributed by atoms with Gasteiger partial charge in [0.2, 0.25) is 0 Å². The van der Waals surface area contributed by atoms with Crippen LogP contribution in [0.2, 0.25) is 0 Å². The molecule has 7 rings (SSSR count). The van der Waals surface area contributed by atoms with E-state index in [0.717, 1.165) is 10.1 Å². The van der Waals surface area contributed by atoms with E-state index in [1.165, 1.54) is 60.2 Å². The van der Waals surface area contributed by atoms with Crippen LogP contribution in [0.25, 0.3) is 64.7 Å². The van der Waals surface area contributed by atoms with Gasteiger partial charge in [-0.2, -0.15) is 0 Å². The number of benzene rings is 4. The fraction of sp³-hybridized carbons (Fsp3) is 0.0400. The Balaban J connectivity index is 1.65. The highest BCUT2D eigenvalue weighted by atomic mass is 32.1. The molecule has 0 unspecified atom stereocenters. The molecule has 1 aromatic heterocycles. The minimum atomic E-state index is -0.165. The first-order valence-corrected chi connectivity index (χ1v) is 9.96. The Hall–Kier alpha value is -2.97. The topological polar surface area (TPSA) is 0 Å². The van der Waals surface area contributed by atoms with Gasteiger partial charge in [-0.3, -0.25) is 0 Å². The van der Waals surface area contributed by atoms with Crippen molar-refractivity contribution < 1.29 is 4.39 Å². The third-order valence-corrected chi connectivity index (χ3v) is 7.27. The van der Waals surface area contributed by atoms with Crippen molar-refractivity contribution in [2.45, 2.75) is 6.92 Å². The molecule has 27 heavy (non-hydrogen) atoms. The Kier molecular flexibility index (Phi) is 2.34. The highest BCUT2D eigenvalue weighted by Crippen LogP contribution is 2.59. The highest BCUT2D eigenvalue weighted by molar-refractivity contribution is 7.23. The molecule has 0 aliphatic heterocycles. The van der Waals surface area contributed by atoms with Crippen LogP contribution in [0, 0.1) is 12.7 Å². The lowest BCUT2D eigenvalue weighted by Gasteiger charge is -2.06. The second kappa shape index (κ2) is 4.47. The number of thiophene rings is 1. The molecule has 0 fully saturated rings. The SMILES string of the molecule is Cc1ccc2c(c1)-c1ccc3c4c(ccc-2c14)-c1c-3sc2cc(F)ccc12. The van der Waals surface area contributed by atoms with E-state index in [9.17, 15) is 4.39 Å².